The van der Waals surface area contributed by atoms with Crippen LogP contribution in [0.25, 0.3) is 16.5 Å². The van der Waals surface area contributed by atoms with E-state index in [1.807, 2.05) is 61.5 Å². The van der Waals surface area contributed by atoms with E-state index in [-0.39, 0.29) is 5.41 Å². The lowest BCUT2D eigenvalue weighted by molar-refractivity contribution is -0.112. The molecule has 3 aromatic carbocycles. The number of ketones is 1. The number of aryl methyl sites for hydroxylation is 1. The highest BCUT2D eigenvalue weighted by Crippen LogP contribution is 2.32. The molecule has 42 heavy (non-hydrogen) atoms. The van der Waals surface area contributed by atoms with Crippen molar-refractivity contribution < 1.29 is 19.1 Å². The molecule has 0 spiro atoms. The summed E-state index contributed by atoms with van der Waals surface area (Å²) in [6.07, 6.45) is 1.95. The summed E-state index contributed by atoms with van der Waals surface area (Å²) in [5, 5.41) is 9.22. The Kier molecular flexibility index (Phi) is 9.04. The van der Waals surface area contributed by atoms with Crippen molar-refractivity contribution >= 4 is 28.3 Å². The third kappa shape index (κ3) is 6.55. The van der Waals surface area contributed by atoms with Crippen LogP contribution in [0.3, 0.4) is 0 Å². The van der Waals surface area contributed by atoms with Crippen molar-refractivity contribution in [2.45, 2.75) is 46.0 Å². The van der Waals surface area contributed by atoms with Crippen molar-refractivity contribution in [2.75, 3.05) is 44.8 Å². The number of nitrogens with one attached hydrogen (secondary N) is 1. The maximum Gasteiger partial charge on any atom is 0.297 e. The topological polar surface area (TPSA) is 85.7 Å². The third-order valence-corrected chi connectivity index (χ3v) is 7.90. The summed E-state index contributed by atoms with van der Waals surface area (Å²) in [4.78, 5) is 29.4. The van der Waals surface area contributed by atoms with Crippen LogP contribution in [0.15, 0.2) is 66.7 Å². The van der Waals surface area contributed by atoms with E-state index in [2.05, 4.69) is 31.0 Å². The van der Waals surface area contributed by atoms with Gasteiger partial charge in [-0.3, -0.25) is 14.5 Å². The molecule has 8 heteroatoms. The van der Waals surface area contributed by atoms with Crippen molar-refractivity contribution in [2.24, 2.45) is 0 Å². The average Bonchev–Trinajstić information content (AvgIpc) is 3.42. The number of hydrogen-bond donors (Lipinski definition) is 1. The molecule has 1 N–H and O–H groups in total. The van der Waals surface area contributed by atoms with Crippen molar-refractivity contribution in [1.29, 1.82) is 0 Å². The molecule has 0 atom stereocenters. The molecule has 1 saturated heterocycles. The Bertz CT molecular complexity index is 1550. The first kappa shape index (κ1) is 29.5. The summed E-state index contributed by atoms with van der Waals surface area (Å²) in [6, 6.07) is 20.8. The fourth-order valence-corrected chi connectivity index (χ4v) is 5.44. The number of anilines is 1. The maximum absolute atomic E-state index is 13.6. The average molecular weight is 569 g/mol. The monoisotopic (exact) mass is 568 g/mol. The minimum atomic E-state index is -0.714. The van der Waals surface area contributed by atoms with Gasteiger partial charge >= 0.3 is 0 Å². The Hall–Kier alpha value is -4.01. The number of ether oxygens (including phenoxy) is 2. The van der Waals surface area contributed by atoms with Crippen LogP contribution in [0.2, 0.25) is 0 Å². The van der Waals surface area contributed by atoms with Crippen molar-refractivity contribution in [1.82, 2.24) is 14.7 Å². The van der Waals surface area contributed by atoms with Gasteiger partial charge in [0.25, 0.3) is 11.7 Å². The number of Topliss-reactive ketones (excluding diaryl/α,β-unsaturated/α-hetero) is 1. The standard InChI is InChI=1S/C34H40N4O4/c1-5-16-34(3,4)30-23-31(38(36-30)25-12-10-24(2)11-13-25)35-33(40)32(39)28-14-15-29(27-9-7-6-8-26(27)28)42-22-19-37-17-20-41-21-18-37/h6-15,23H,5,16-22H2,1-4H3,(H,35,40). The molecule has 1 fully saturated rings. The lowest BCUT2D eigenvalue weighted by atomic mass is 9.85. The molecular formula is C34H40N4O4. The van der Waals surface area contributed by atoms with E-state index >= 15 is 0 Å². The number of nitrogens with zero attached hydrogens (tertiary/aromatic N) is 3. The Morgan fingerprint density at radius 2 is 1.71 bits per heavy atom. The van der Waals surface area contributed by atoms with Gasteiger partial charge in [-0.25, -0.2) is 4.68 Å². The van der Waals surface area contributed by atoms with E-state index < -0.39 is 11.7 Å². The van der Waals surface area contributed by atoms with Crippen LogP contribution in [0.1, 0.15) is 55.2 Å². The number of carbonyl (C=O) groups excluding carboxylic acids is 2. The normalized spacial score (nSPS) is 14.2. The van der Waals surface area contributed by atoms with E-state index in [1.165, 1.54) is 0 Å². The van der Waals surface area contributed by atoms with Crippen LogP contribution < -0.4 is 10.1 Å². The van der Waals surface area contributed by atoms with Crippen LogP contribution in [0.4, 0.5) is 5.82 Å². The molecule has 5 rings (SSSR count). The van der Waals surface area contributed by atoms with Gasteiger partial charge in [-0.05, 0) is 43.0 Å². The molecule has 1 amide bonds. The van der Waals surface area contributed by atoms with Crippen molar-refractivity contribution in [3.8, 4) is 11.4 Å². The second kappa shape index (κ2) is 12.9. The molecule has 8 nitrogen and oxygen atoms in total. The van der Waals surface area contributed by atoms with Crippen LogP contribution >= 0.6 is 0 Å². The molecule has 0 radical (unpaired) electrons. The third-order valence-electron chi connectivity index (χ3n) is 7.90. The van der Waals surface area contributed by atoms with E-state index in [9.17, 15) is 9.59 Å². The fourth-order valence-electron chi connectivity index (χ4n) is 5.44. The molecule has 0 saturated carbocycles. The second-order valence-electron chi connectivity index (χ2n) is 11.5. The molecule has 0 bridgehead atoms. The number of morpholine rings is 1. The zero-order chi connectivity index (χ0) is 29.7. The number of benzene rings is 3. The van der Waals surface area contributed by atoms with E-state index in [0.29, 0.717) is 29.1 Å². The van der Waals surface area contributed by atoms with Crippen LogP contribution in [-0.2, 0) is 14.9 Å². The van der Waals surface area contributed by atoms with Gasteiger partial charge in [-0.15, -0.1) is 0 Å². The van der Waals surface area contributed by atoms with Gasteiger partial charge in [0.1, 0.15) is 18.2 Å². The highest BCUT2D eigenvalue weighted by Gasteiger charge is 2.27. The van der Waals surface area contributed by atoms with Crippen LogP contribution in [0.5, 0.6) is 5.75 Å². The quantitative estimate of drug-likeness (QED) is 0.178. The number of rotatable bonds is 11. The molecule has 0 aliphatic carbocycles. The highest BCUT2D eigenvalue weighted by molar-refractivity contribution is 6.48. The fraction of sp³-hybridized carbons (Fsp3) is 0.382. The number of amides is 1. The van der Waals surface area contributed by atoms with Gasteiger partial charge in [0, 0.05) is 42.1 Å². The summed E-state index contributed by atoms with van der Waals surface area (Å²) in [6.45, 7) is 13.1. The van der Waals surface area contributed by atoms with Gasteiger partial charge in [0.2, 0.25) is 0 Å². The summed E-state index contributed by atoms with van der Waals surface area (Å²) in [5.41, 5.74) is 2.93. The Labute approximate surface area is 247 Å². The maximum atomic E-state index is 13.6. The molecule has 2 heterocycles. The molecule has 0 unspecified atom stereocenters. The predicted molar refractivity (Wildman–Crippen MR) is 166 cm³/mol. The molecular weight excluding hydrogens is 528 g/mol. The zero-order valence-electron chi connectivity index (χ0n) is 25.0. The van der Waals surface area contributed by atoms with E-state index in [0.717, 1.165) is 68.0 Å². The van der Waals surface area contributed by atoms with Gasteiger partial charge in [0.05, 0.1) is 24.6 Å². The molecule has 1 aliphatic rings. The summed E-state index contributed by atoms with van der Waals surface area (Å²) >= 11 is 0. The first-order valence-corrected chi connectivity index (χ1v) is 14.7. The lowest BCUT2D eigenvalue weighted by Gasteiger charge is -2.26. The number of aromatic nitrogens is 2. The SMILES string of the molecule is CCCC(C)(C)c1cc(NC(=O)C(=O)c2ccc(OCCN3CCOCC3)c3ccccc23)n(-c2ccc(C)cc2)n1. The summed E-state index contributed by atoms with van der Waals surface area (Å²) < 4.78 is 13.3. The largest absolute Gasteiger partial charge is 0.492 e. The Morgan fingerprint density at radius 1 is 1.00 bits per heavy atom. The number of carbonyl (C=O) groups is 2. The smallest absolute Gasteiger partial charge is 0.297 e. The van der Waals surface area contributed by atoms with Gasteiger partial charge in [-0.1, -0.05) is 69.2 Å². The van der Waals surface area contributed by atoms with Crippen molar-refractivity contribution in [3.63, 3.8) is 0 Å². The van der Waals surface area contributed by atoms with E-state index in [1.54, 1.807) is 16.8 Å². The van der Waals surface area contributed by atoms with Gasteiger partial charge in [-0.2, -0.15) is 5.10 Å². The Morgan fingerprint density at radius 3 is 2.43 bits per heavy atom. The Balaban J connectivity index is 1.39. The van der Waals surface area contributed by atoms with E-state index in [4.69, 9.17) is 14.6 Å². The number of hydrogen-bond acceptors (Lipinski definition) is 6. The first-order valence-electron chi connectivity index (χ1n) is 14.7. The minimum absolute atomic E-state index is 0.192. The molecule has 4 aromatic rings. The first-order chi connectivity index (χ1) is 20.3. The lowest BCUT2D eigenvalue weighted by Crippen LogP contribution is -2.38. The highest BCUT2D eigenvalue weighted by atomic mass is 16.5. The van der Waals surface area contributed by atoms with Crippen LogP contribution in [0, 0.1) is 6.92 Å². The number of fused-ring (bicyclic) bond motifs is 1. The minimum Gasteiger partial charge on any atom is -0.492 e. The van der Waals surface area contributed by atoms with Crippen molar-refractivity contribution in [3.05, 3.63) is 83.6 Å². The predicted octanol–water partition coefficient (Wildman–Crippen LogP) is 5.94. The summed E-state index contributed by atoms with van der Waals surface area (Å²) in [7, 11) is 0. The summed E-state index contributed by atoms with van der Waals surface area (Å²) in [5.74, 6) is -0.175. The molecule has 1 aliphatic heterocycles. The van der Waals surface area contributed by atoms with Crippen LogP contribution in [-0.4, -0.2) is 65.8 Å². The second-order valence-corrected chi connectivity index (χ2v) is 11.5. The van der Waals surface area contributed by atoms with Gasteiger partial charge in [0.15, 0.2) is 0 Å². The van der Waals surface area contributed by atoms with Gasteiger partial charge < -0.3 is 14.8 Å². The molecule has 1 aromatic heterocycles. The zero-order valence-corrected chi connectivity index (χ0v) is 25.0. The molecule has 220 valence electrons.